The fraction of sp³-hybridized carbons (Fsp3) is 0.474. The number of anilines is 1. The first kappa shape index (κ1) is 19.9. The highest BCUT2D eigenvalue weighted by molar-refractivity contribution is 5.93. The number of nitrogens with two attached hydrogens (primary N) is 1. The van der Waals surface area contributed by atoms with E-state index in [9.17, 15) is 18.8 Å². The molecule has 4 amide bonds. The highest BCUT2D eigenvalue weighted by Gasteiger charge is 2.52. The van der Waals surface area contributed by atoms with Crippen LogP contribution in [-0.2, 0) is 9.59 Å². The molecule has 2 aromatic rings. The average Bonchev–Trinajstić information content (AvgIpc) is 3.35. The number of hydrogen-bond acceptors (Lipinski definition) is 6. The van der Waals surface area contributed by atoms with Crippen molar-refractivity contribution in [2.75, 3.05) is 37.6 Å². The van der Waals surface area contributed by atoms with E-state index in [-0.39, 0.29) is 30.8 Å². The third-order valence-electron chi connectivity index (χ3n) is 5.37. The van der Waals surface area contributed by atoms with Gasteiger partial charge in [-0.05, 0) is 25.0 Å². The van der Waals surface area contributed by atoms with Crippen LogP contribution in [0.5, 0.6) is 0 Å². The molecule has 0 atom stereocenters. The molecule has 4 N–H and O–H groups in total. The monoisotopic (exact) mass is 418 g/mol. The summed E-state index contributed by atoms with van der Waals surface area (Å²) in [6.07, 6.45) is 1.19. The number of aromatic nitrogens is 1. The molecule has 2 heterocycles. The van der Waals surface area contributed by atoms with Gasteiger partial charge in [-0.2, -0.15) is 4.98 Å². The number of rotatable bonds is 3. The molecule has 1 aromatic heterocycles. The van der Waals surface area contributed by atoms with E-state index in [1.54, 1.807) is 9.80 Å². The zero-order chi connectivity index (χ0) is 21.3. The van der Waals surface area contributed by atoms with Crippen LogP contribution in [0.2, 0.25) is 0 Å². The van der Waals surface area contributed by atoms with Crippen LogP contribution in [0.15, 0.2) is 22.6 Å². The summed E-state index contributed by atoms with van der Waals surface area (Å²) in [5, 5.41) is 5.34. The van der Waals surface area contributed by atoms with E-state index >= 15 is 0 Å². The van der Waals surface area contributed by atoms with Crippen LogP contribution >= 0.6 is 0 Å². The Kier molecular flexibility index (Phi) is 5.18. The lowest BCUT2D eigenvalue weighted by Crippen LogP contribution is -2.54. The maximum atomic E-state index is 13.5. The van der Waals surface area contributed by atoms with Crippen molar-refractivity contribution in [3.05, 3.63) is 24.0 Å². The third-order valence-corrected chi connectivity index (χ3v) is 5.37. The van der Waals surface area contributed by atoms with Crippen LogP contribution in [0.4, 0.5) is 15.2 Å². The molecule has 11 heteroatoms. The highest BCUT2D eigenvalue weighted by Crippen LogP contribution is 2.37. The van der Waals surface area contributed by atoms with Gasteiger partial charge in [0.15, 0.2) is 5.58 Å². The lowest BCUT2D eigenvalue weighted by molar-refractivity contribution is -0.134. The Hall–Kier alpha value is -3.37. The van der Waals surface area contributed by atoms with E-state index in [0.29, 0.717) is 50.1 Å². The van der Waals surface area contributed by atoms with Gasteiger partial charge >= 0.3 is 6.03 Å². The second kappa shape index (κ2) is 7.81. The van der Waals surface area contributed by atoms with Crippen LogP contribution in [0.3, 0.4) is 0 Å². The SMILES string of the molecule is NC(=O)NC1(C(=O)N2CCC(=O)NCCN(c3nc4cc(F)ccc4o3)CC2)CC1. The number of oxazole rings is 1. The smallest absolute Gasteiger partial charge is 0.313 e. The number of amides is 4. The van der Waals surface area contributed by atoms with E-state index in [0.717, 1.165) is 0 Å². The molecular weight excluding hydrogens is 395 g/mol. The molecule has 1 saturated heterocycles. The van der Waals surface area contributed by atoms with Crippen LogP contribution < -0.4 is 21.3 Å². The molecule has 2 fully saturated rings. The first-order valence-electron chi connectivity index (χ1n) is 9.81. The first-order chi connectivity index (χ1) is 14.4. The zero-order valence-corrected chi connectivity index (χ0v) is 16.3. The number of nitrogens with one attached hydrogen (secondary N) is 2. The number of nitrogens with zero attached hydrogens (tertiary/aromatic N) is 3. The number of urea groups is 1. The summed E-state index contributed by atoms with van der Waals surface area (Å²) in [6.45, 7) is 1.71. The maximum absolute atomic E-state index is 13.5. The Bertz CT molecular complexity index is 989. The molecule has 30 heavy (non-hydrogen) atoms. The van der Waals surface area contributed by atoms with Crippen molar-refractivity contribution in [3.63, 3.8) is 0 Å². The van der Waals surface area contributed by atoms with Crippen LogP contribution in [0.1, 0.15) is 19.3 Å². The number of hydrogen-bond donors (Lipinski definition) is 3. The Labute approximate surface area is 171 Å². The van der Waals surface area contributed by atoms with Crippen molar-refractivity contribution in [1.29, 1.82) is 0 Å². The fourth-order valence-corrected chi connectivity index (χ4v) is 3.59. The molecule has 1 aromatic carbocycles. The summed E-state index contributed by atoms with van der Waals surface area (Å²) >= 11 is 0. The molecule has 10 nitrogen and oxygen atoms in total. The van der Waals surface area contributed by atoms with Crippen LogP contribution in [0, 0.1) is 5.82 Å². The van der Waals surface area contributed by atoms with E-state index in [1.165, 1.54) is 18.2 Å². The van der Waals surface area contributed by atoms with Crippen molar-refractivity contribution in [2.24, 2.45) is 5.73 Å². The van der Waals surface area contributed by atoms with E-state index in [1.807, 2.05) is 0 Å². The number of carbonyl (C=O) groups excluding carboxylic acids is 3. The predicted molar refractivity (Wildman–Crippen MR) is 105 cm³/mol. The van der Waals surface area contributed by atoms with Crippen molar-refractivity contribution in [2.45, 2.75) is 24.8 Å². The molecular formula is C19H23FN6O4. The number of fused-ring (bicyclic) bond motifs is 1. The summed E-state index contributed by atoms with van der Waals surface area (Å²) in [4.78, 5) is 44.1. The topological polar surface area (TPSA) is 134 Å². The highest BCUT2D eigenvalue weighted by atomic mass is 19.1. The summed E-state index contributed by atoms with van der Waals surface area (Å²) < 4.78 is 19.2. The Morgan fingerprint density at radius 2 is 2.03 bits per heavy atom. The third kappa shape index (κ3) is 4.14. The largest absolute Gasteiger partial charge is 0.423 e. The zero-order valence-electron chi connectivity index (χ0n) is 16.3. The molecule has 1 aliphatic heterocycles. The predicted octanol–water partition coefficient (Wildman–Crippen LogP) is 0.323. The molecule has 1 aliphatic carbocycles. The first-order valence-corrected chi connectivity index (χ1v) is 9.81. The second-order valence-corrected chi connectivity index (χ2v) is 7.56. The van der Waals surface area contributed by atoms with Crippen molar-refractivity contribution >= 4 is 35.0 Å². The molecule has 1 saturated carbocycles. The minimum atomic E-state index is -0.980. The van der Waals surface area contributed by atoms with Gasteiger partial charge in [-0.3, -0.25) is 9.59 Å². The number of carbonyl (C=O) groups is 3. The average molecular weight is 418 g/mol. The summed E-state index contributed by atoms with van der Waals surface area (Å²) in [7, 11) is 0. The lowest BCUT2D eigenvalue weighted by Gasteiger charge is -2.31. The van der Waals surface area contributed by atoms with Gasteiger partial charge in [0.05, 0.1) is 0 Å². The van der Waals surface area contributed by atoms with Gasteiger partial charge in [-0.25, -0.2) is 9.18 Å². The minimum Gasteiger partial charge on any atom is -0.423 e. The fourth-order valence-electron chi connectivity index (χ4n) is 3.59. The van der Waals surface area contributed by atoms with E-state index < -0.39 is 17.4 Å². The van der Waals surface area contributed by atoms with Crippen LogP contribution in [-0.4, -0.2) is 66.0 Å². The van der Waals surface area contributed by atoms with Crippen molar-refractivity contribution in [3.8, 4) is 0 Å². The van der Waals surface area contributed by atoms with Gasteiger partial charge in [0.1, 0.15) is 16.9 Å². The van der Waals surface area contributed by atoms with E-state index in [4.69, 9.17) is 10.2 Å². The van der Waals surface area contributed by atoms with Crippen molar-refractivity contribution in [1.82, 2.24) is 20.5 Å². The van der Waals surface area contributed by atoms with E-state index in [2.05, 4.69) is 15.6 Å². The standard InChI is InChI=1S/C19H23FN6O4/c20-12-1-2-14-13(11-12)23-18(30-14)26-8-6-22-15(27)3-7-25(9-10-26)16(28)19(4-5-19)24-17(21)29/h1-2,11H,3-10H2,(H,22,27)(H3,21,24,29). The second-order valence-electron chi connectivity index (χ2n) is 7.56. The van der Waals surface area contributed by atoms with Gasteiger partial charge < -0.3 is 30.6 Å². The molecule has 0 bridgehead atoms. The van der Waals surface area contributed by atoms with Gasteiger partial charge in [-0.1, -0.05) is 0 Å². The van der Waals surface area contributed by atoms with Gasteiger partial charge in [0.2, 0.25) is 11.8 Å². The summed E-state index contributed by atoms with van der Waals surface area (Å²) in [5.74, 6) is -0.847. The number of primary amides is 1. The van der Waals surface area contributed by atoms with Gasteiger partial charge in [0.25, 0.3) is 6.01 Å². The molecule has 0 radical (unpaired) electrons. The molecule has 4 rings (SSSR count). The van der Waals surface area contributed by atoms with Gasteiger partial charge in [-0.15, -0.1) is 0 Å². The van der Waals surface area contributed by atoms with Crippen LogP contribution in [0.25, 0.3) is 11.1 Å². The minimum absolute atomic E-state index is 0.167. The Balaban J connectivity index is 1.54. The summed E-state index contributed by atoms with van der Waals surface area (Å²) in [6, 6.07) is 3.62. The van der Waals surface area contributed by atoms with Crippen molar-refractivity contribution < 1.29 is 23.2 Å². The Morgan fingerprint density at radius 3 is 2.77 bits per heavy atom. The molecule has 0 unspecified atom stereocenters. The Morgan fingerprint density at radius 1 is 1.23 bits per heavy atom. The maximum Gasteiger partial charge on any atom is 0.313 e. The van der Waals surface area contributed by atoms with Gasteiger partial charge in [0, 0.05) is 45.2 Å². The summed E-state index contributed by atoms with van der Waals surface area (Å²) in [5.41, 5.74) is 5.07. The molecule has 160 valence electrons. The molecule has 2 aliphatic rings. The lowest BCUT2D eigenvalue weighted by atomic mass is 10.2. The number of halogens is 1. The normalized spacial score (nSPS) is 19.3. The quantitative estimate of drug-likeness (QED) is 0.657. The number of benzene rings is 1. The molecule has 0 spiro atoms.